The number of carboxylic acid groups (broad SMARTS) is 1. The van der Waals surface area contributed by atoms with Crippen LogP contribution in [0.1, 0.15) is 35.1 Å². The Kier molecular flexibility index (Phi) is 3.24. The topological polar surface area (TPSA) is 50.2 Å². The third kappa shape index (κ3) is 2.53. The molecule has 1 N–H and O–H groups in total. The predicted octanol–water partition coefficient (Wildman–Crippen LogP) is 3.63. The quantitative estimate of drug-likeness (QED) is 0.901. The lowest BCUT2D eigenvalue weighted by molar-refractivity contribution is 0.0697. The standard InChI is InChI=1S/C13H13NO2S/c1-8(2)12-14-11(7-17-12)9-3-5-10(6-4-9)13(15)16/h3-8H,1-2H3,(H,15,16). The first kappa shape index (κ1) is 11.8. The Morgan fingerprint density at radius 1 is 1.29 bits per heavy atom. The Balaban J connectivity index is 2.30. The van der Waals surface area contributed by atoms with Crippen molar-refractivity contribution in [1.29, 1.82) is 0 Å². The highest BCUT2D eigenvalue weighted by Crippen LogP contribution is 2.26. The number of hydrogen-bond donors (Lipinski definition) is 1. The fraction of sp³-hybridized carbons (Fsp3) is 0.231. The predicted molar refractivity (Wildman–Crippen MR) is 68.6 cm³/mol. The summed E-state index contributed by atoms with van der Waals surface area (Å²) >= 11 is 1.64. The Morgan fingerprint density at radius 3 is 2.41 bits per heavy atom. The summed E-state index contributed by atoms with van der Waals surface area (Å²) in [4.78, 5) is 15.3. The molecular weight excluding hydrogens is 234 g/mol. The van der Waals surface area contributed by atoms with Gasteiger partial charge in [-0.2, -0.15) is 0 Å². The van der Waals surface area contributed by atoms with Gasteiger partial charge in [-0.15, -0.1) is 11.3 Å². The van der Waals surface area contributed by atoms with Crippen LogP contribution in [0.2, 0.25) is 0 Å². The molecular formula is C13H13NO2S. The molecule has 0 saturated carbocycles. The average Bonchev–Trinajstić information content (AvgIpc) is 2.78. The molecule has 0 bridgehead atoms. The Hall–Kier alpha value is -1.68. The van der Waals surface area contributed by atoms with Crippen molar-refractivity contribution in [2.75, 3.05) is 0 Å². The molecule has 1 aromatic carbocycles. The largest absolute Gasteiger partial charge is 0.478 e. The molecule has 2 rings (SSSR count). The minimum Gasteiger partial charge on any atom is -0.478 e. The number of thiazole rings is 1. The van der Waals surface area contributed by atoms with Crippen LogP contribution < -0.4 is 0 Å². The van der Waals surface area contributed by atoms with Gasteiger partial charge < -0.3 is 5.11 Å². The summed E-state index contributed by atoms with van der Waals surface area (Å²) in [5.41, 5.74) is 2.17. The maximum Gasteiger partial charge on any atom is 0.335 e. The molecule has 0 spiro atoms. The van der Waals surface area contributed by atoms with Crippen LogP contribution in [0.4, 0.5) is 0 Å². The molecule has 4 heteroatoms. The Morgan fingerprint density at radius 2 is 1.94 bits per heavy atom. The van der Waals surface area contributed by atoms with Crippen LogP contribution in [0.3, 0.4) is 0 Å². The number of carbonyl (C=O) groups is 1. The van der Waals surface area contributed by atoms with Crippen molar-refractivity contribution in [3.63, 3.8) is 0 Å². The maximum absolute atomic E-state index is 10.7. The second-order valence-electron chi connectivity index (χ2n) is 4.11. The monoisotopic (exact) mass is 247 g/mol. The molecule has 0 atom stereocenters. The third-order valence-electron chi connectivity index (χ3n) is 2.44. The third-order valence-corrected chi connectivity index (χ3v) is 3.59. The van der Waals surface area contributed by atoms with Crippen molar-refractivity contribution in [2.45, 2.75) is 19.8 Å². The van der Waals surface area contributed by atoms with Crippen LogP contribution in [0, 0.1) is 0 Å². The molecule has 1 heterocycles. The molecule has 3 nitrogen and oxygen atoms in total. The lowest BCUT2D eigenvalue weighted by atomic mass is 10.1. The number of nitrogens with zero attached hydrogens (tertiary/aromatic N) is 1. The van der Waals surface area contributed by atoms with Gasteiger partial charge in [-0.3, -0.25) is 0 Å². The lowest BCUT2D eigenvalue weighted by Gasteiger charge is -1.99. The van der Waals surface area contributed by atoms with Crippen LogP contribution in [-0.4, -0.2) is 16.1 Å². The number of rotatable bonds is 3. The fourth-order valence-corrected chi connectivity index (χ4v) is 2.31. The molecule has 0 amide bonds. The molecule has 0 aliphatic carbocycles. The summed E-state index contributed by atoms with van der Waals surface area (Å²) in [5.74, 6) is -0.482. The molecule has 1 aromatic heterocycles. The molecule has 0 radical (unpaired) electrons. The zero-order valence-electron chi connectivity index (χ0n) is 9.68. The van der Waals surface area contributed by atoms with Crippen LogP contribution in [0.15, 0.2) is 29.6 Å². The number of benzene rings is 1. The molecule has 0 aliphatic rings. The highest BCUT2D eigenvalue weighted by atomic mass is 32.1. The van der Waals surface area contributed by atoms with Crippen LogP contribution in [-0.2, 0) is 0 Å². The van der Waals surface area contributed by atoms with Gasteiger partial charge in [0, 0.05) is 16.9 Å². The smallest absolute Gasteiger partial charge is 0.335 e. The van der Waals surface area contributed by atoms with E-state index in [2.05, 4.69) is 18.8 Å². The van der Waals surface area contributed by atoms with Crippen molar-refractivity contribution in [2.24, 2.45) is 0 Å². The highest BCUT2D eigenvalue weighted by Gasteiger charge is 2.08. The summed E-state index contributed by atoms with van der Waals surface area (Å²) in [6, 6.07) is 6.79. The minimum atomic E-state index is -0.905. The van der Waals surface area contributed by atoms with Crippen molar-refractivity contribution >= 4 is 17.3 Å². The van der Waals surface area contributed by atoms with Gasteiger partial charge in [-0.05, 0) is 12.1 Å². The zero-order chi connectivity index (χ0) is 12.4. The van der Waals surface area contributed by atoms with E-state index < -0.39 is 5.97 Å². The summed E-state index contributed by atoms with van der Waals surface area (Å²) in [6.07, 6.45) is 0. The Bertz CT molecular complexity index is 529. The normalized spacial score (nSPS) is 10.8. The van der Waals surface area contributed by atoms with E-state index in [1.165, 1.54) is 0 Å². The number of carboxylic acids is 1. The van der Waals surface area contributed by atoms with E-state index in [1.54, 1.807) is 35.6 Å². The summed E-state index contributed by atoms with van der Waals surface area (Å²) in [5, 5.41) is 11.9. The molecule has 0 saturated heterocycles. The average molecular weight is 247 g/mol. The van der Waals surface area contributed by atoms with Gasteiger partial charge in [-0.25, -0.2) is 9.78 Å². The minimum absolute atomic E-state index is 0.299. The molecule has 2 aromatic rings. The second kappa shape index (κ2) is 4.67. The SMILES string of the molecule is CC(C)c1nc(-c2ccc(C(=O)O)cc2)cs1. The van der Waals surface area contributed by atoms with Gasteiger partial charge in [-0.1, -0.05) is 26.0 Å². The van der Waals surface area contributed by atoms with E-state index in [-0.39, 0.29) is 0 Å². The van der Waals surface area contributed by atoms with Gasteiger partial charge >= 0.3 is 5.97 Å². The summed E-state index contributed by atoms with van der Waals surface area (Å²) in [6.45, 7) is 4.21. The van der Waals surface area contributed by atoms with Crippen molar-refractivity contribution < 1.29 is 9.90 Å². The van der Waals surface area contributed by atoms with E-state index in [1.807, 2.05) is 5.38 Å². The first-order chi connectivity index (χ1) is 8.08. The van der Waals surface area contributed by atoms with Crippen molar-refractivity contribution in [3.05, 3.63) is 40.2 Å². The molecule has 17 heavy (non-hydrogen) atoms. The maximum atomic E-state index is 10.7. The highest BCUT2D eigenvalue weighted by molar-refractivity contribution is 7.10. The van der Waals surface area contributed by atoms with Gasteiger partial charge in [0.2, 0.25) is 0 Å². The number of aromatic nitrogens is 1. The van der Waals surface area contributed by atoms with Crippen LogP contribution in [0.25, 0.3) is 11.3 Å². The van der Waals surface area contributed by atoms with Gasteiger partial charge in [0.05, 0.1) is 16.3 Å². The molecule has 88 valence electrons. The first-order valence-electron chi connectivity index (χ1n) is 5.37. The fourth-order valence-electron chi connectivity index (χ4n) is 1.47. The van der Waals surface area contributed by atoms with E-state index >= 15 is 0 Å². The van der Waals surface area contributed by atoms with Crippen LogP contribution in [0.5, 0.6) is 0 Å². The van der Waals surface area contributed by atoms with Gasteiger partial charge in [0.25, 0.3) is 0 Å². The first-order valence-corrected chi connectivity index (χ1v) is 6.25. The van der Waals surface area contributed by atoms with Gasteiger partial charge in [0.15, 0.2) is 0 Å². The van der Waals surface area contributed by atoms with Crippen LogP contribution >= 0.6 is 11.3 Å². The van der Waals surface area contributed by atoms with Crippen molar-refractivity contribution in [1.82, 2.24) is 4.98 Å². The summed E-state index contributed by atoms with van der Waals surface area (Å²) in [7, 11) is 0. The van der Waals surface area contributed by atoms with Gasteiger partial charge in [0.1, 0.15) is 0 Å². The number of hydrogen-bond acceptors (Lipinski definition) is 3. The van der Waals surface area contributed by atoms with E-state index in [0.717, 1.165) is 16.3 Å². The lowest BCUT2D eigenvalue weighted by Crippen LogP contribution is -1.95. The van der Waals surface area contributed by atoms with Crippen molar-refractivity contribution in [3.8, 4) is 11.3 Å². The molecule has 0 fully saturated rings. The van der Waals surface area contributed by atoms with E-state index in [0.29, 0.717) is 11.5 Å². The summed E-state index contributed by atoms with van der Waals surface area (Å²) < 4.78 is 0. The van der Waals surface area contributed by atoms with E-state index in [9.17, 15) is 4.79 Å². The Labute approximate surface area is 104 Å². The zero-order valence-corrected chi connectivity index (χ0v) is 10.5. The van der Waals surface area contributed by atoms with E-state index in [4.69, 9.17) is 5.11 Å². The number of aromatic carboxylic acids is 1. The molecule has 0 aliphatic heterocycles. The second-order valence-corrected chi connectivity index (χ2v) is 5.00. The molecule has 0 unspecified atom stereocenters.